The SMILES string of the molecule is C[C@@H]1C[C@H]2C3=C([C@@H](O)C[C@]2(C)[C@@]1(O)C(=O)CO)[C@@]1(C)C=CC(=O)C=C1CC3. The highest BCUT2D eigenvalue weighted by atomic mass is 16.3. The Morgan fingerprint density at radius 2 is 2.00 bits per heavy atom. The third-order valence-corrected chi connectivity index (χ3v) is 8.02. The van der Waals surface area contributed by atoms with Crippen LogP contribution in [0.5, 0.6) is 0 Å². The maximum Gasteiger partial charge on any atom is 0.190 e. The van der Waals surface area contributed by atoms with E-state index in [1.54, 1.807) is 12.2 Å². The fraction of sp³-hybridized carbons (Fsp3) is 0.636. The van der Waals surface area contributed by atoms with Crippen molar-refractivity contribution < 1.29 is 24.9 Å². The molecule has 1 saturated carbocycles. The van der Waals surface area contributed by atoms with Crippen LogP contribution in [0.15, 0.2) is 34.9 Å². The van der Waals surface area contributed by atoms with Gasteiger partial charge in [0, 0.05) is 10.8 Å². The third-order valence-electron chi connectivity index (χ3n) is 8.02. The van der Waals surface area contributed by atoms with Crippen LogP contribution in [0.2, 0.25) is 0 Å². The molecule has 0 bridgehead atoms. The van der Waals surface area contributed by atoms with Gasteiger partial charge in [0.15, 0.2) is 11.6 Å². The molecular formula is C22H28O5. The molecule has 4 rings (SSSR count). The van der Waals surface area contributed by atoms with Gasteiger partial charge in [-0.3, -0.25) is 9.59 Å². The summed E-state index contributed by atoms with van der Waals surface area (Å²) in [5.74, 6) is -0.878. The number of Topliss-reactive ketones (excluding diaryl/α,β-unsaturated/α-hetero) is 1. The molecule has 0 unspecified atom stereocenters. The number of hydrogen-bond donors (Lipinski definition) is 3. The minimum atomic E-state index is -1.64. The summed E-state index contributed by atoms with van der Waals surface area (Å²) in [4.78, 5) is 24.4. The molecule has 1 fully saturated rings. The van der Waals surface area contributed by atoms with E-state index >= 15 is 0 Å². The average Bonchev–Trinajstić information content (AvgIpc) is 2.82. The summed E-state index contributed by atoms with van der Waals surface area (Å²) in [6, 6.07) is 0. The number of hydrogen-bond acceptors (Lipinski definition) is 5. The molecule has 0 saturated heterocycles. The lowest BCUT2D eigenvalue weighted by Gasteiger charge is -2.53. The van der Waals surface area contributed by atoms with Gasteiger partial charge in [-0.2, -0.15) is 0 Å². The van der Waals surface area contributed by atoms with Gasteiger partial charge in [0.25, 0.3) is 0 Å². The van der Waals surface area contributed by atoms with E-state index in [1.807, 2.05) is 26.8 Å². The van der Waals surface area contributed by atoms with E-state index < -0.39 is 34.9 Å². The fourth-order valence-corrected chi connectivity index (χ4v) is 6.63. The molecule has 0 aromatic heterocycles. The average molecular weight is 372 g/mol. The Labute approximate surface area is 159 Å². The van der Waals surface area contributed by atoms with Gasteiger partial charge in [0.1, 0.15) is 12.2 Å². The van der Waals surface area contributed by atoms with Crippen molar-refractivity contribution in [3.63, 3.8) is 0 Å². The molecule has 5 nitrogen and oxygen atoms in total. The summed E-state index contributed by atoms with van der Waals surface area (Å²) in [6.45, 7) is 5.10. The number of carbonyl (C=O) groups is 2. The topological polar surface area (TPSA) is 94.8 Å². The summed E-state index contributed by atoms with van der Waals surface area (Å²) in [6.07, 6.45) is 6.76. The van der Waals surface area contributed by atoms with Crippen molar-refractivity contribution in [3.8, 4) is 0 Å². The first-order valence-corrected chi connectivity index (χ1v) is 9.82. The molecule has 0 spiro atoms. The van der Waals surface area contributed by atoms with Gasteiger partial charge in [-0.15, -0.1) is 0 Å². The zero-order valence-electron chi connectivity index (χ0n) is 16.2. The normalized spacial score (nSPS) is 45.9. The highest BCUT2D eigenvalue weighted by Crippen LogP contribution is 2.65. The van der Waals surface area contributed by atoms with E-state index in [-0.39, 0.29) is 24.0 Å². The Balaban J connectivity index is 1.87. The number of fused-ring (bicyclic) bond motifs is 4. The largest absolute Gasteiger partial charge is 0.389 e. The van der Waals surface area contributed by atoms with Crippen LogP contribution in [0, 0.1) is 22.7 Å². The molecule has 0 amide bonds. The Morgan fingerprint density at radius 3 is 2.67 bits per heavy atom. The van der Waals surface area contributed by atoms with Crippen molar-refractivity contribution in [1.29, 1.82) is 0 Å². The Kier molecular flexibility index (Phi) is 3.98. The van der Waals surface area contributed by atoms with Crippen molar-refractivity contribution in [1.82, 2.24) is 0 Å². The van der Waals surface area contributed by atoms with Gasteiger partial charge >= 0.3 is 0 Å². The standard InChI is InChI=1S/C22H28O5/c1-12-8-16-15-5-4-13-9-14(24)6-7-20(13,2)19(15)17(25)10-21(16,3)22(12,27)18(26)11-23/h6-7,9,12,16-17,23,25,27H,4-5,8,10-11H2,1-3H3/t12-,16+,17+,20+,21+,22+/m1/s1. The summed E-state index contributed by atoms with van der Waals surface area (Å²) in [5, 5.41) is 32.0. The van der Waals surface area contributed by atoms with Crippen molar-refractivity contribution in [2.45, 2.75) is 58.2 Å². The molecule has 0 aliphatic heterocycles. The first-order valence-electron chi connectivity index (χ1n) is 9.82. The predicted octanol–water partition coefficient (Wildman–Crippen LogP) is 1.87. The predicted molar refractivity (Wildman–Crippen MR) is 99.6 cm³/mol. The van der Waals surface area contributed by atoms with Crippen LogP contribution in [0.4, 0.5) is 0 Å². The maximum absolute atomic E-state index is 12.5. The molecule has 0 aromatic rings. The Morgan fingerprint density at radius 1 is 1.30 bits per heavy atom. The molecule has 0 aromatic carbocycles. The third kappa shape index (κ3) is 2.16. The number of aliphatic hydroxyl groups excluding tert-OH is 2. The Hall–Kier alpha value is -1.56. The number of carbonyl (C=O) groups excluding carboxylic acids is 2. The highest BCUT2D eigenvalue weighted by Gasteiger charge is 2.67. The van der Waals surface area contributed by atoms with Gasteiger partial charge in [-0.1, -0.05) is 31.1 Å². The van der Waals surface area contributed by atoms with Crippen LogP contribution in [-0.4, -0.2) is 45.2 Å². The fourth-order valence-electron chi connectivity index (χ4n) is 6.63. The molecule has 4 aliphatic carbocycles. The zero-order valence-corrected chi connectivity index (χ0v) is 16.2. The quantitative estimate of drug-likeness (QED) is 0.643. The van der Waals surface area contributed by atoms with Crippen molar-refractivity contribution in [2.24, 2.45) is 22.7 Å². The zero-order chi connectivity index (χ0) is 19.8. The molecule has 0 radical (unpaired) electrons. The van der Waals surface area contributed by atoms with Crippen molar-refractivity contribution >= 4 is 11.6 Å². The van der Waals surface area contributed by atoms with Crippen molar-refractivity contribution in [3.05, 3.63) is 34.9 Å². The molecule has 0 heterocycles. The van der Waals surface area contributed by atoms with Gasteiger partial charge in [0.05, 0.1) is 6.10 Å². The van der Waals surface area contributed by atoms with Crippen molar-refractivity contribution in [2.75, 3.05) is 6.61 Å². The second-order valence-corrected chi connectivity index (χ2v) is 9.22. The molecule has 27 heavy (non-hydrogen) atoms. The lowest BCUT2D eigenvalue weighted by molar-refractivity contribution is -0.163. The monoisotopic (exact) mass is 372 g/mol. The van der Waals surface area contributed by atoms with Crippen LogP contribution in [0.1, 0.15) is 46.5 Å². The van der Waals surface area contributed by atoms with E-state index in [0.717, 1.165) is 29.6 Å². The van der Waals surface area contributed by atoms with Gasteiger partial charge in [0.2, 0.25) is 0 Å². The summed E-state index contributed by atoms with van der Waals surface area (Å²) < 4.78 is 0. The second-order valence-electron chi connectivity index (χ2n) is 9.22. The molecule has 146 valence electrons. The number of ketones is 2. The summed E-state index contributed by atoms with van der Waals surface area (Å²) >= 11 is 0. The first kappa shape index (κ1) is 18.8. The van der Waals surface area contributed by atoms with Crippen LogP contribution >= 0.6 is 0 Å². The van der Waals surface area contributed by atoms with Gasteiger partial charge in [-0.05, 0) is 62.2 Å². The minimum Gasteiger partial charge on any atom is -0.389 e. The van der Waals surface area contributed by atoms with E-state index in [2.05, 4.69) is 0 Å². The van der Waals surface area contributed by atoms with E-state index in [1.165, 1.54) is 0 Å². The van der Waals surface area contributed by atoms with Crippen LogP contribution in [-0.2, 0) is 9.59 Å². The molecule has 3 N–H and O–H groups in total. The molecule has 6 atom stereocenters. The Bertz CT molecular complexity index is 821. The molecular weight excluding hydrogens is 344 g/mol. The van der Waals surface area contributed by atoms with E-state index in [9.17, 15) is 24.9 Å². The number of aliphatic hydroxyl groups is 3. The van der Waals surface area contributed by atoms with Gasteiger partial charge < -0.3 is 15.3 Å². The highest BCUT2D eigenvalue weighted by molar-refractivity contribution is 6.01. The smallest absolute Gasteiger partial charge is 0.190 e. The lowest BCUT2D eigenvalue weighted by atomic mass is 9.52. The van der Waals surface area contributed by atoms with E-state index in [4.69, 9.17) is 0 Å². The maximum atomic E-state index is 12.5. The van der Waals surface area contributed by atoms with E-state index in [0.29, 0.717) is 6.42 Å². The van der Waals surface area contributed by atoms with Crippen LogP contribution < -0.4 is 0 Å². The number of rotatable bonds is 2. The van der Waals surface area contributed by atoms with Gasteiger partial charge in [-0.25, -0.2) is 0 Å². The number of allylic oxidation sites excluding steroid dienone is 5. The van der Waals surface area contributed by atoms with Crippen LogP contribution in [0.25, 0.3) is 0 Å². The lowest BCUT2D eigenvalue weighted by Crippen LogP contribution is -2.58. The first-order chi connectivity index (χ1) is 12.6. The molecule has 4 aliphatic rings. The van der Waals surface area contributed by atoms with Crippen LogP contribution in [0.3, 0.4) is 0 Å². The second kappa shape index (κ2) is 5.72. The molecule has 5 heteroatoms. The minimum absolute atomic E-state index is 0.0148. The summed E-state index contributed by atoms with van der Waals surface area (Å²) in [7, 11) is 0. The summed E-state index contributed by atoms with van der Waals surface area (Å²) in [5.41, 5.74) is 0.178.